The number of fused-ring (bicyclic) bond motifs is 1. The predicted octanol–water partition coefficient (Wildman–Crippen LogP) is 3.22. The van der Waals surface area contributed by atoms with Crippen molar-refractivity contribution in [2.24, 2.45) is 0 Å². The van der Waals surface area contributed by atoms with Crippen LogP contribution in [0.25, 0.3) is 16.5 Å². The van der Waals surface area contributed by atoms with Crippen LogP contribution in [0.2, 0.25) is 0 Å². The summed E-state index contributed by atoms with van der Waals surface area (Å²) in [5, 5.41) is 0.684. The summed E-state index contributed by atoms with van der Waals surface area (Å²) in [5.41, 5.74) is 1.76. The number of ether oxygens (including phenoxy) is 2. The second-order valence-electron chi connectivity index (χ2n) is 4.66. The molecule has 0 unspecified atom stereocenters. The predicted molar refractivity (Wildman–Crippen MR) is 78.4 cm³/mol. The Balaban J connectivity index is 2.43. The Labute approximate surface area is 122 Å². The largest absolute Gasteiger partial charge is 0.492 e. The van der Waals surface area contributed by atoms with Crippen molar-refractivity contribution in [2.75, 3.05) is 13.7 Å². The van der Waals surface area contributed by atoms with Crippen LogP contribution in [0.3, 0.4) is 0 Å². The molecule has 0 bridgehead atoms. The molecule has 0 radical (unpaired) electrons. The van der Waals surface area contributed by atoms with Crippen LogP contribution in [-0.2, 0) is 9.53 Å². The maximum Gasteiger partial charge on any atom is 0.303 e. The van der Waals surface area contributed by atoms with Crippen LogP contribution >= 0.6 is 0 Å². The molecule has 5 nitrogen and oxygen atoms in total. The molecule has 1 aromatic carbocycles. The Kier molecular flexibility index (Phi) is 4.12. The Hall–Kier alpha value is -2.56. The first-order valence-corrected chi connectivity index (χ1v) is 6.37. The first kappa shape index (κ1) is 14.8. The van der Waals surface area contributed by atoms with Gasteiger partial charge in [-0.05, 0) is 30.7 Å². The molecule has 2 aromatic rings. The summed E-state index contributed by atoms with van der Waals surface area (Å²) < 4.78 is 15.7. The lowest BCUT2D eigenvalue weighted by Crippen LogP contribution is -2.11. The highest BCUT2D eigenvalue weighted by atomic mass is 16.5. The molecule has 0 atom stereocenters. The van der Waals surface area contributed by atoms with E-state index in [4.69, 9.17) is 13.9 Å². The summed E-state index contributed by atoms with van der Waals surface area (Å²) in [6.07, 6.45) is 0. The van der Waals surface area contributed by atoms with Gasteiger partial charge in [0.25, 0.3) is 0 Å². The number of carbonyl (C=O) groups is 2. The van der Waals surface area contributed by atoms with Crippen LogP contribution in [0.4, 0.5) is 0 Å². The number of hydrogen-bond acceptors (Lipinski definition) is 5. The second-order valence-corrected chi connectivity index (χ2v) is 4.66. The molecule has 0 aliphatic heterocycles. The normalized spacial score (nSPS) is 10.4. The molecule has 0 saturated heterocycles. The van der Waals surface area contributed by atoms with Crippen LogP contribution in [0.15, 0.2) is 29.2 Å². The van der Waals surface area contributed by atoms with Crippen LogP contribution in [0.1, 0.15) is 30.0 Å². The van der Waals surface area contributed by atoms with Crippen molar-refractivity contribution >= 4 is 28.3 Å². The number of hydrogen-bond donors (Lipinski definition) is 0. The maximum atomic E-state index is 12.0. The molecule has 0 amide bonds. The fourth-order valence-corrected chi connectivity index (χ4v) is 1.98. The van der Waals surface area contributed by atoms with E-state index < -0.39 is 5.97 Å². The second kappa shape index (κ2) is 5.83. The monoisotopic (exact) mass is 288 g/mol. The molecule has 0 N–H and O–H groups in total. The third-order valence-electron chi connectivity index (χ3n) is 2.96. The van der Waals surface area contributed by atoms with Gasteiger partial charge in [0.1, 0.15) is 5.58 Å². The molecular formula is C16H16O5. The van der Waals surface area contributed by atoms with Gasteiger partial charge in [0.15, 0.2) is 23.9 Å². The van der Waals surface area contributed by atoms with Gasteiger partial charge in [-0.1, -0.05) is 6.58 Å². The number of furan rings is 1. The SMILES string of the molecule is C=C(C)c1oc2ccc(C(=O)COC(C)=O)cc2c1OC. The van der Waals surface area contributed by atoms with Gasteiger partial charge in [0.05, 0.1) is 12.5 Å². The van der Waals surface area contributed by atoms with Crippen LogP contribution in [0.5, 0.6) is 5.75 Å². The van der Waals surface area contributed by atoms with E-state index in [1.54, 1.807) is 18.2 Å². The van der Waals surface area contributed by atoms with Crippen LogP contribution in [0, 0.1) is 0 Å². The standard InChI is InChI=1S/C16H16O5/c1-9(2)15-16(19-4)12-7-11(5-6-14(12)21-15)13(18)8-20-10(3)17/h5-7H,1,8H2,2-4H3. The molecule has 110 valence electrons. The van der Waals surface area contributed by atoms with Gasteiger partial charge in [-0.15, -0.1) is 0 Å². The first-order valence-electron chi connectivity index (χ1n) is 6.37. The van der Waals surface area contributed by atoms with E-state index >= 15 is 0 Å². The van der Waals surface area contributed by atoms with E-state index in [1.165, 1.54) is 14.0 Å². The summed E-state index contributed by atoms with van der Waals surface area (Å²) in [6.45, 7) is 6.63. The summed E-state index contributed by atoms with van der Waals surface area (Å²) in [6, 6.07) is 4.97. The first-order chi connectivity index (χ1) is 9.93. The Bertz CT molecular complexity index is 724. The molecule has 0 fully saturated rings. The summed E-state index contributed by atoms with van der Waals surface area (Å²) in [4.78, 5) is 22.7. The summed E-state index contributed by atoms with van der Waals surface area (Å²) in [7, 11) is 1.53. The average Bonchev–Trinajstić information content (AvgIpc) is 2.82. The maximum absolute atomic E-state index is 12.0. The third-order valence-corrected chi connectivity index (χ3v) is 2.96. The van der Waals surface area contributed by atoms with E-state index in [0.29, 0.717) is 28.0 Å². The highest BCUT2D eigenvalue weighted by molar-refractivity contribution is 6.02. The number of rotatable bonds is 5. The van der Waals surface area contributed by atoms with E-state index in [2.05, 4.69) is 6.58 Å². The van der Waals surface area contributed by atoms with Crippen molar-refractivity contribution in [1.82, 2.24) is 0 Å². The number of methoxy groups -OCH3 is 1. The topological polar surface area (TPSA) is 65.7 Å². The highest BCUT2D eigenvalue weighted by Gasteiger charge is 2.17. The minimum atomic E-state index is -0.491. The van der Waals surface area contributed by atoms with Crippen LogP contribution < -0.4 is 4.74 Å². The number of allylic oxidation sites excluding steroid dienone is 1. The number of esters is 1. The van der Waals surface area contributed by atoms with Gasteiger partial charge in [0.2, 0.25) is 0 Å². The van der Waals surface area contributed by atoms with Crippen LogP contribution in [-0.4, -0.2) is 25.5 Å². The smallest absolute Gasteiger partial charge is 0.303 e. The Morgan fingerprint density at radius 2 is 2.00 bits per heavy atom. The van der Waals surface area contributed by atoms with Gasteiger partial charge in [-0.25, -0.2) is 0 Å². The van der Waals surface area contributed by atoms with E-state index in [1.807, 2.05) is 6.92 Å². The van der Waals surface area contributed by atoms with Gasteiger partial charge in [0, 0.05) is 12.5 Å². The fraction of sp³-hybridized carbons (Fsp3) is 0.250. The quantitative estimate of drug-likeness (QED) is 0.624. The molecule has 0 aliphatic rings. The minimum absolute atomic E-state index is 0.283. The zero-order chi connectivity index (χ0) is 15.6. The lowest BCUT2D eigenvalue weighted by Gasteiger charge is -2.03. The molecular weight excluding hydrogens is 272 g/mol. The molecule has 2 rings (SSSR count). The van der Waals surface area contributed by atoms with Gasteiger partial charge in [-0.2, -0.15) is 0 Å². The Morgan fingerprint density at radius 3 is 2.57 bits per heavy atom. The zero-order valence-corrected chi connectivity index (χ0v) is 12.2. The summed E-state index contributed by atoms with van der Waals surface area (Å²) >= 11 is 0. The van der Waals surface area contributed by atoms with Gasteiger partial charge >= 0.3 is 5.97 Å². The number of ketones is 1. The molecule has 0 aliphatic carbocycles. The lowest BCUT2D eigenvalue weighted by atomic mass is 10.1. The zero-order valence-electron chi connectivity index (χ0n) is 12.2. The van der Waals surface area contributed by atoms with Gasteiger partial charge in [-0.3, -0.25) is 9.59 Å². The number of benzene rings is 1. The third kappa shape index (κ3) is 2.97. The van der Waals surface area contributed by atoms with Crippen molar-refractivity contribution in [3.8, 4) is 5.75 Å². The van der Waals surface area contributed by atoms with Gasteiger partial charge < -0.3 is 13.9 Å². The lowest BCUT2D eigenvalue weighted by molar-refractivity contribution is -0.139. The fourth-order valence-electron chi connectivity index (χ4n) is 1.98. The molecule has 1 aromatic heterocycles. The van der Waals surface area contributed by atoms with E-state index in [0.717, 1.165) is 5.57 Å². The number of carbonyl (C=O) groups excluding carboxylic acids is 2. The molecule has 1 heterocycles. The number of Topliss-reactive ketones (excluding diaryl/α,β-unsaturated/α-hetero) is 1. The van der Waals surface area contributed by atoms with E-state index in [9.17, 15) is 9.59 Å². The van der Waals surface area contributed by atoms with Crippen molar-refractivity contribution in [2.45, 2.75) is 13.8 Å². The summed E-state index contributed by atoms with van der Waals surface area (Å²) in [5.74, 6) is 0.318. The van der Waals surface area contributed by atoms with E-state index in [-0.39, 0.29) is 12.4 Å². The minimum Gasteiger partial charge on any atom is -0.492 e. The molecule has 0 spiro atoms. The van der Waals surface area contributed by atoms with Crippen molar-refractivity contribution in [3.05, 3.63) is 36.1 Å². The van der Waals surface area contributed by atoms with Crippen molar-refractivity contribution in [1.29, 1.82) is 0 Å². The van der Waals surface area contributed by atoms with Crippen molar-refractivity contribution in [3.63, 3.8) is 0 Å². The highest BCUT2D eigenvalue weighted by Crippen LogP contribution is 2.36. The molecule has 5 heteroatoms. The Morgan fingerprint density at radius 1 is 1.29 bits per heavy atom. The molecule has 0 saturated carbocycles. The average molecular weight is 288 g/mol. The van der Waals surface area contributed by atoms with Crippen molar-refractivity contribution < 1.29 is 23.5 Å². The molecule has 21 heavy (non-hydrogen) atoms.